The van der Waals surface area contributed by atoms with E-state index >= 15 is 0 Å². The van der Waals surface area contributed by atoms with E-state index in [0.29, 0.717) is 5.25 Å². The summed E-state index contributed by atoms with van der Waals surface area (Å²) in [7, 11) is 0. The van der Waals surface area contributed by atoms with Crippen molar-refractivity contribution < 1.29 is 0 Å². The Kier molecular flexibility index (Phi) is 4.23. The number of hydrogen-bond acceptors (Lipinski definition) is 4. The highest BCUT2D eigenvalue weighted by atomic mass is 32.2. The molecule has 92 valence electrons. The molecule has 0 saturated carbocycles. The minimum absolute atomic E-state index is 0.584. The first-order valence-electron chi connectivity index (χ1n) is 5.90. The summed E-state index contributed by atoms with van der Waals surface area (Å²) in [5.41, 5.74) is 0. The highest BCUT2D eigenvalue weighted by molar-refractivity contribution is 7.99. The van der Waals surface area contributed by atoms with E-state index in [0.717, 1.165) is 23.9 Å². The van der Waals surface area contributed by atoms with Gasteiger partial charge in [-0.25, -0.2) is 0 Å². The Morgan fingerprint density at radius 2 is 2.24 bits per heavy atom. The molecule has 0 aliphatic carbocycles. The van der Waals surface area contributed by atoms with Crippen molar-refractivity contribution in [3.05, 3.63) is 17.5 Å². The van der Waals surface area contributed by atoms with Gasteiger partial charge in [0.1, 0.15) is 0 Å². The van der Waals surface area contributed by atoms with Gasteiger partial charge < -0.3 is 4.57 Å². The van der Waals surface area contributed by atoms with Gasteiger partial charge in [-0.2, -0.15) is 0 Å². The summed E-state index contributed by atoms with van der Waals surface area (Å²) in [6.07, 6.45) is 1.15. The van der Waals surface area contributed by atoms with E-state index in [1.165, 1.54) is 4.88 Å². The lowest BCUT2D eigenvalue weighted by Gasteiger charge is -2.09. The molecule has 0 spiro atoms. The normalized spacial score (nSPS) is 12.9. The SMILES string of the molecule is CCC(C)Sc1nnc(-c2cccs2)n1CC. The maximum atomic E-state index is 4.32. The van der Waals surface area contributed by atoms with Gasteiger partial charge in [0.25, 0.3) is 0 Å². The van der Waals surface area contributed by atoms with Crippen LogP contribution in [0.3, 0.4) is 0 Å². The monoisotopic (exact) mass is 267 g/mol. The van der Waals surface area contributed by atoms with Crippen LogP contribution in [-0.4, -0.2) is 20.0 Å². The second-order valence-corrected chi connectivity index (χ2v) is 6.22. The van der Waals surface area contributed by atoms with Crippen LogP contribution in [0.1, 0.15) is 27.2 Å². The fraction of sp³-hybridized carbons (Fsp3) is 0.500. The van der Waals surface area contributed by atoms with Crippen molar-refractivity contribution in [3.63, 3.8) is 0 Å². The molecule has 2 heterocycles. The molecule has 2 aromatic rings. The number of thioether (sulfide) groups is 1. The number of aromatic nitrogens is 3. The topological polar surface area (TPSA) is 30.7 Å². The van der Waals surface area contributed by atoms with Crippen LogP contribution in [-0.2, 0) is 6.54 Å². The number of rotatable bonds is 5. The molecule has 0 radical (unpaired) electrons. The van der Waals surface area contributed by atoms with E-state index in [-0.39, 0.29) is 0 Å². The molecule has 0 aliphatic rings. The molecule has 3 nitrogen and oxygen atoms in total. The molecular formula is C12H17N3S2. The van der Waals surface area contributed by atoms with Crippen molar-refractivity contribution in [3.8, 4) is 10.7 Å². The molecule has 0 fully saturated rings. The lowest BCUT2D eigenvalue weighted by Crippen LogP contribution is -2.02. The summed E-state index contributed by atoms with van der Waals surface area (Å²) in [6, 6.07) is 4.15. The summed E-state index contributed by atoms with van der Waals surface area (Å²) in [5, 5.41) is 12.3. The summed E-state index contributed by atoms with van der Waals surface area (Å²) in [4.78, 5) is 1.19. The molecule has 2 rings (SSSR count). The minimum atomic E-state index is 0.584. The predicted molar refractivity (Wildman–Crippen MR) is 74.6 cm³/mol. The van der Waals surface area contributed by atoms with E-state index in [1.54, 1.807) is 23.1 Å². The van der Waals surface area contributed by atoms with Crippen LogP contribution in [0, 0.1) is 0 Å². The minimum Gasteiger partial charge on any atom is -0.302 e. The second-order valence-electron chi connectivity index (χ2n) is 3.86. The van der Waals surface area contributed by atoms with Gasteiger partial charge in [0.05, 0.1) is 4.88 Å². The first kappa shape index (κ1) is 12.6. The standard InChI is InChI=1S/C12H17N3S2/c1-4-9(3)17-12-14-13-11(15(12)5-2)10-7-6-8-16-10/h6-9H,4-5H2,1-3H3. The van der Waals surface area contributed by atoms with Crippen molar-refractivity contribution >= 4 is 23.1 Å². The quantitative estimate of drug-likeness (QED) is 0.769. The largest absolute Gasteiger partial charge is 0.302 e. The van der Waals surface area contributed by atoms with Gasteiger partial charge in [-0.05, 0) is 24.8 Å². The number of thiophene rings is 1. The molecule has 0 amide bonds. The van der Waals surface area contributed by atoms with Gasteiger partial charge in [0, 0.05) is 11.8 Å². The molecule has 1 unspecified atom stereocenters. The van der Waals surface area contributed by atoms with Crippen molar-refractivity contribution in [2.75, 3.05) is 0 Å². The molecule has 17 heavy (non-hydrogen) atoms. The predicted octanol–water partition coefficient (Wildman–Crippen LogP) is 3.92. The van der Waals surface area contributed by atoms with E-state index in [4.69, 9.17) is 0 Å². The Hall–Kier alpha value is -0.810. The summed E-state index contributed by atoms with van der Waals surface area (Å²) in [6.45, 7) is 7.48. The maximum Gasteiger partial charge on any atom is 0.191 e. The Morgan fingerprint density at radius 1 is 1.41 bits per heavy atom. The molecular weight excluding hydrogens is 250 g/mol. The van der Waals surface area contributed by atoms with E-state index in [2.05, 4.69) is 53.0 Å². The Morgan fingerprint density at radius 3 is 2.82 bits per heavy atom. The first-order chi connectivity index (χ1) is 8.26. The number of nitrogens with zero attached hydrogens (tertiary/aromatic N) is 3. The van der Waals surface area contributed by atoms with Gasteiger partial charge in [0.15, 0.2) is 11.0 Å². The lowest BCUT2D eigenvalue weighted by molar-refractivity contribution is 0.685. The fourth-order valence-corrected chi connectivity index (χ4v) is 3.19. The van der Waals surface area contributed by atoms with Crippen LogP contribution < -0.4 is 0 Å². The van der Waals surface area contributed by atoms with Crippen molar-refractivity contribution in [1.29, 1.82) is 0 Å². The van der Waals surface area contributed by atoms with Gasteiger partial charge in [-0.15, -0.1) is 21.5 Å². The van der Waals surface area contributed by atoms with E-state index < -0.39 is 0 Å². The highest BCUT2D eigenvalue weighted by Gasteiger charge is 2.15. The third-order valence-electron chi connectivity index (χ3n) is 2.66. The summed E-state index contributed by atoms with van der Waals surface area (Å²) in [5.74, 6) is 0.994. The molecule has 2 aromatic heterocycles. The summed E-state index contributed by atoms with van der Waals surface area (Å²) >= 11 is 3.52. The van der Waals surface area contributed by atoms with Crippen LogP contribution in [0.5, 0.6) is 0 Å². The first-order valence-corrected chi connectivity index (χ1v) is 7.65. The molecule has 0 aliphatic heterocycles. The van der Waals surface area contributed by atoms with Crippen LogP contribution in [0.2, 0.25) is 0 Å². The Labute approximate surface area is 110 Å². The van der Waals surface area contributed by atoms with Crippen molar-refractivity contribution in [1.82, 2.24) is 14.8 Å². The Balaban J connectivity index is 2.30. The van der Waals surface area contributed by atoms with Crippen LogP contribution in [0.4, 0.5) is 0 Å². The fourth-order valence-electron chi connectivity index (χ4n) is 1.51. The van der Waals surface area contributed by atoms with Crippen LogP contribution in [0.25, 0.3) is 10.7 Å². The zero-order chi connectivity index (χ0) is 12.3. The van der Waals surface area contributed by atoms with E-state index in [1.807, 2.05) is 0 Å². The zero-order valence-corrected chi connectivity index (χ0v) is 12.0. The molecule has 0 N–H and O–H groups in total. The van der Waals surface area contributed by atoms with Crippen molar-refractivity contribution in [2.24, 2.45) is 0 Å². The average Bonchev–Trinajstić information content (AvgIpc) is 2.96. The second kappa shape index (κ2) is 5.69. The van der Waals surface area contributed by atoms with Crippen LogP contribution >= 0.6 is 23.1 Å². The third-order valence-corrected chi connectivity index (χ3v) is 4.77. The highest BCUT2D eigenvalue weighted by Crippen LogP contribution is 2.29. The molecule has 5 heteroatoms. The molecule has 1 atom stereocenters. The number of hydrogen-bond donors (Lipinski definition) is 0. The van der Waals surface area contributed by atoms with Gasteiger partial charge in [-0.1, -0.05) is 31.7 Å². The van der Waals surface area contributed by atoms with Gasteiger partial charge in [0.2, 0.25) is 0 Å². The van der Waals surface area contributed by atoms with Gasteiger partial charge >= 0.3 is 0 Å². The van der Waals surface area contributed by atoms with Crippen molar-refractivity contribution in [2.45, 2.75) is 44.1 Å². The lowest BCUT2D eigenvalue weighted by atomic mass is 10.4. The smallest absolute Gasteiger partial charge is 0.191 e. The van der Waals surface area contributed by atoms with Gasteiger partial charge in [-0.3, -0.25) is 0 Å². The summed E-state index contributed by atoms with van der Waals surface area (Å²) < 4.78 is 2.20. The third kappa shape index (κ3) is 2.72. The average molecular weight is 267 g/mol. The molecule has 0 saturated heterocycles. The van der Waals surface area contributed by atoms with Crippen LogP contribution in [0.15, 0.2) is 22.7 Å². The Bertz CT molecular complexity index is 462. The molecule has 0 bridgehead atoms. The van der Waals surface area contributed by atoms with E-state index in [9.17, 15) is 0 Å². The maximum absolute atomic E-state index is 4.32. The zero-order valence-electron chi connectivity index (χ0n) is 10.4. The molecule has 0 aromatic carbocycles.